The van der Waals surface area contributed by atoms with Crippen LogP contribution in [0.25, 0.3) is 0 Å². The maximum Gasteiger partial charge on any atom is 0.339 e. The van der Waals surface area contributed by atoms with E-state index in [1.165, 1.54) is 18.2 Å². The zero-order valence-electron chi connectivity index (χ0n) is 12.5. The molecule has 1 unspecified atom stereocenters. The Morgan fingerprint density at radius 2 is 1.96 bits per heavy atom. The number of hydrogen-bond acceptors (Lipinski definition) is 4. The smallest absolute Gasteiger partial charge is 0.339 e. The molecule has 2 aromatic rings. The summed E-state index contributed by atoms with van der Waals surface area (Å²) in [6.45, 7) is 3.48. The van der Waals surface area contributed by atoms with Gasteiger partial charge in [-0.1, -0.05) is 32.0 Å². The van der Waals surface area contributed by atoms with Crippen LogP contribution in [-0.2, 0) is 10.0 Å². The first-order valence-corrected chi connectivity index (χ1v) is 8.29. The maximum atomic E-state index is 14.0. The van der Waals surface area contributed by atoms with E-state index in [9.17, 15) is 17.6 Å². The number of rotatable bonds is 6. The highest BCUT2D eigenvalue weighted by molar-refractivity contribution is 7.89. The Balaban J connectivity index is 2.35. The molecule has 0 amide bonds. The summed E-state index contributed by atoms with van der Waals surface area (Å²) in [4.78, 5) is 10.8. The van der Waals surface area contributed by atoms with Crippen LogP contribution in [0.15, 0.2) is 46.1 Å². The number of carboxylic acid groups (broad SMARTS) is 1. The van der Waals surface area contributed by atoms with Crippen molar-refractivity contribution in [3.05, 3.63) is 53.5 Å². The molecule has 8 heteroatoms. The molecule has 0 bridgehead atoms. The molecule has 2 N–H and O–H groups in total. The fourth-order valence-electron chi connectivity index (χ4n) is 2.08. The molecule has 0 fully saturated rings. The lowest BCUT2D eigenvalue weighted by atomic mass is 9.97. The van der Waals surface area contributed by atoms with Gasteiger partial charge in [0, 0.05) is 11.6 Å². The highest BCUT2D eigenvalue weighted by Gasteiger charge is 2.28. The van der Waals surface area contributed by atoms with Gasteiger partial charge in [-0.2, -0.15) is 0 Å². The third-order valence-corrected chi connectivity index (χ3v) is 4.58. The second kappa shape index (κ2) is 6.51. The van der Waals surface area contributed by atoms with E-state index in [-0.39, 0.29) is 17.0 Å². The van der Waals surface area contributed by atoms with E-state index < -0.39 is 32.9 Å². The molecule has 23 heavy (non-hydrogen) atoms. The van der Waals surface area contributed by atoms with Gasteiger partial charge < -0.3 is 9.52 Å². The number of furan rings is 1. The molecule has 2 rings (SSSR count). The number of carboxylic acids is 1. The van der Waals surface area contributed by atoms with E-state index in [2.05, 4.69) is 4.72 Å². The van der Waals surface area contributed by atoms with Gasteiger partial charge in [0.25, 0.3) is 10.0 Å². The first-order chi connectivity index (χ1) is 10.7. The summed E-state index contributed by atoms with van der Waals surface area (Å²) in [5.74, 6) is -2.07. The van der Waals surface area contributed by atoms with Crippen molar-refractivity contribution in [3.63, 3.8) is 0 Å². The van der Waals surface area contributed by atoms with Crippen molar-refractivity contribution in [2.24, 2.45) is 5.92 Å². The summed E-state index contributed by atoms with van der Waals surface area (Å²) in [5, 5.41) is 8.29. The molecule has 0 saturated carbocycles. The van der Waals surface area contributed by atoms with Crippen molar-refractivity contribution in [2.45, 2.75) is 25.0 Å². The number of hydrogen-bond donors (Lipinski definition) is 2. The van der Waals surface area contributed by atoms with Crippen LogP contribution in [0.4, 0.5) is 4.39 Å². The van der Waals surface area contributed by atoms with Crippen LogP contribution in [0.5, 0.6) is 0 Å². The Morgan fingerprint density at radius 1 is 1.30 bits per heavy atom. The van der Waals surface area contributed by atoms with E-state index in [0.717, 1.165) is 12.3 Å². The Hall–Kier alpha value is -2.19. The number of aromatic carboxylic acids is 1. The molecule has 0 spiro atoms. The molecule has 1 atom stereocenters. The SMILES string of the molecule is CC(C)C(NS(=O)(=O)c1cc(C(=O)O)co1)c1ccccc1F. The van der Waals surface area contributed by atoms with Crippen molar-refractivity contribution in [1.82, 2.24) is 4.72 Å². The quantitative estimate of drug-likeness (QED) is 0.842. The third kappa shape index (κ3) is 3.77. The van der Waals surface area contributed by atoms with Gasteiger partial charge in [-0.3, -0.25) is 0 Å². The molecule has 0 aliphatic heterocycles. The van der Waals surface area contributed by atoms with Crippen LogP contribution in [0.2, 0.25) is 0 Å². The van der Waals surface area contributed by atoms with Crippen molar-refractivity contribution in [3.8, 4) is 0 Å². The van der Waals surface area contributed by atoms with E-state index in [0.29, 0.717) is 0 Å². The zero-order chi connectivity index (χ0) is 17.2. The minimum atomic E-state index is -4.13. The lowest BCUT2D eigenvalue weighted by Gasteiger charge is -2.22. The van der Waals surface area contributed by atoms with Crippen molar-refractivity contribution < 1.29 is 27.1 Å². The normalized spacial score (nSPS) is 13.2. The van der Waals surface area contributed by atoms with Gasteiger partial charge in [0.1, 0.15) is 12.1 Å². The van der Waals surface area contributed by atoms with Crippen LogP contribution < -0.4 is 4.72 Å². The highest BCUT2D eigenvalue weighted by Crippen LogP contribution is 2.26. The van der Waals surface area contributed by atoms with Crippen LogP contribution in [0.3, 0.4) is 0 Å². The Kier molecular flexibility index (Phi) is 4.86. The summed E-state index contributed by atoms with van der Waals surface area (Å²) >= 11 is 0. The summed E-state index contributed by atoms with van der Waals surface area (Å²) in [6, 6.07) is 5.94. The molecule has 0 saturated heterocycles. The molecule has 6 nitrogen and oxygen atoms in total. The minimum Gasteiger partial charge on any atom is -0.478 e. The molecule has 0 aliphatic rings. The van der Waals surface area contributed by atoms with E-state index >= 15 is 0 Å². The zero-order valence-corrected chi connectivity index (χ0v) is 13.3. The van der Waals surface area contributed by atoms with Crippen molar-refractivity contribution in [1.29, 1.82) is 0 Å². The molecule has 0 radical (unpaired) electrons. The van der Waals surface area contributed by atoms with Gasteiger partial charge in [-0.25, -0.2) is 22.3 Å². The molecule has 1 heterocycles. The summed E-state index contributed by atoms with van der Waals surface area (Å²) in [5.41, 5.74) is -0.0755. The maximum absolute atomic E-state index is 14.0. The predicted molar refractivity (Wildman–Crippen MR) is 80.0 cm³/mol. The number of nitrogens with one attached hydrogen (secondary N) is 1. The van der Waals surface area contributed by atoms with Gasteiger partial charge in [0.15, 0.2) is 0 Å². The number of benzene rings is 1. The van der Waals surface area contributed by atoms with Crippen LogP contribution in [0, 0.1) is 11.7 Å². The van der Waals surface area contributed by atoms with Crippen molar-refractivity contribution in [2.75, 3.05) is 0 Å². The number of sulfonamides is 1. The lowest BCUT2D eigenvalue weighted by molar-refractivity contribution is 0.0696. The predicted octanol–water partition coefficient (Wildman–Crippen LogP) is 2.79. The summed E-state index contributed by atoms with van der Waals surface area (Å²) in [7, 11) is -4.13. The second-order valence-corrected chi connectivity index (χ2v) is 6.97. The van der Waals surface area contributed by atoms with Gasteiger partial charge in [-0.15, -0.1) is 0 Å². The van der Waals surface area contributed by atoms with Gasteiger partial charge in [-0.05, 0) is 12.0 Å². The first kappa shape index (κ1) is 17.2. The molecule has 0 aliphatic carbocycles. The first-order valence-electron chi connectivity index (χ1n) is 6.81. The summed E-state index contributed by atoms with van der Waals surface area (Å²) < 4.78 is 45.8. The van der Waals surface area contributed by atoms with Crippen LogP contribution in [-0.4, -0.2) is 19.5 Å². The number of halogens is 1. The van der Waals surface area contributed by atoms with E-state index in [1.807, 2.05) is 0 Å². The number of carbonyl (C=O) groups is 1. The average Bonchev–Trinajstić information content (AvgIpc) is 2.96. The Bertz CT molecular complexity index is 813. The minimum absolute atomic E-state index is 0.205. The molecular formula is C15H16FNO5S. The van der Waals surface area contributed by atoms with E-state index in [4.69, 9.17) is 9.52 Å². The molecular weight excluding hydrogens is 325 g/mol. The topological polar surface area (TPSA) is 96.6 Å². The summed E-state index contributed by atoms with van der Waals surface area (Å²) in [6.07, 6.45) is 0.838. The molecule has 1 aromatic heterocycles. The second-order valence-electron chi connectivity index (χ2n) is 5.32. The fraction of sp³-hybridized carbons (Fsp3) is 0.267. The third-order valence-electron chi connectivity index (χ3n) is 3.28. The van der Waals surface area contributed by atoms with Crippen molar-refractivity contribution >= 4 is 16.0 Å². The Labute approximate surface area is 133 Å². The monoisotopic (exact) mass is 341 g/mol. The van der Waals surface area contributed by atoms with Crippen LogP contribution >= 0.6 is 0 Å². The van der Waals surface area contributed by atoms with E-state index in [1.54, 1.807) is 19.9 Å². The van der Waals surface area contributed by atoms with Gasteiger partial charge in [0.05, 0.1) is 11.6 Å². The van der Waals surface area contributed by atoms with Crippen LogP contribution in [0.1, 0.15) is 35.8 Å². The fourth-order valence-corrected chi connectivity index (χ4v) is 3.39. The lowest BCUT2D eigenvalue weighted by Crippen LogP contribution is -2.32. The highest BCUT2D eigenvalue weighted by atomic mass is 32.2. The standard InChI is InChI=1S/C15H16FNO5S/c1-9(2)14(11-5-3-4-6-12(11)16)17-23(20,21)13-7-10(8-22-13)15(18)19/h3-9,14,17H,1-2H3,(H,18,19). The Morgan fingerprint density at radius 3 is 2.48 bits per heavy atom. The molecule has 124 valence electrons. The largest absolute Gasteiger partial charge is 0.478 e. The average molecular weight is 341 g/mol. The van der Waals surface area contributed by atoms with Gasteiger partial charge >= 0.3 is 5.97 Å². The van der Waals surface area contributed by atoms with Gasteiger partial charge in [0.2, 0.25) is 5.09 Å². The molecule has 1 aromatic carbocycles.